The number of halogens is 1. The minimum absolute atomic E-state index is 0.183. The average molecular weight is 327 g/mol. The lowest BCUT2D eigenvalue weighted by Gasteiger charge is -2.34. The van der Waals surface area contributed by atoms with E-state index in [0.717, 1.165) is 38.3 Å². The molecule has 1 fully saturated rings. The average Bonchev–Trinajstić information content (AvgIpc) is 2.62. The van der Waals surface area contributed by atoms with Gasteiger partial charge >= 0.3 is 0 Å². The van der Waals surface area contributed by atoms with Gasteiger partial charge in [0.25, 0.3) is 0 Å². The summed E-state index contributed by atoms with van der Waals surface area (Å²) in [4.78, 5) is 20.7. The van der Waals surface area contributed by atoms with Gasteiger partial charge in [0.15, 0.2) is 0 Å². The fourth-order valence-electron chi connectivity index (χ4n) is 2.96. The van der Waals surface area contributed by atoms with E-state index < -0.39 is 0 Å². The van der Waals surface area contributed by atoms with Crippen LogP contribution in [0.2, 0.25) is 0 Å². The third-order valence-electron chi connectivity index (χ3n) is 4.42. The molecular formula is C19H22FN3O. The van der Waals surface area contributed by atoms with Gasteiger partial charge in [-0.2, -0.15) is 0 Å². The normalized spacial score (nSPS) is 15.5. The van der Waals surface area contributed by atoms with Gasteiger partial charge in [0.05, 0.1) is 0 Å². The molecule has 24 heavy (non-hydrogen) atoms. The number of amides is 1. The summed E-state index contributed by atoms with van der Waals surface area (Å²) in [6, 6.07) is 10.4. The van der Waals surface area contributed by atoms with Gasteiger partial charge < -0.3 is 4.90 Å². The van der Waals surface area contributed by atoms with Crippen LogP contribution in [0.1, 0.15) is 17.5 Å². The maximum atomic E-state index is 12.9. The largest absolute Gasteiger partial charge is 0.340 e. The van der Waals surface area contributed by atoms with Crippen LogP contribution in [-0.2, 0) is 17.8 Å². The Morgan fingerprint density at radius 2 is 1.62 bits per heavy atom. The summed E-state index contributed by atoms with van der Waals surface area (Å²) in [7, 11) is 0. The van der Waals surface area contributed by atoms with Crippen LogP contribution in [0.15, 0.2) is 48.8 Å². The molecule has 5 heteroatoms. The highest BCUT2D eigenvalue weighted by molar-refractivity contribution is 5.76. The van der Waals surface area contributed by atoms with Crippen molar-refractivity contribution in [3.05, 3.63) is 65.7 Å². The van der Waals surface area contributed by atoms with Crippen molar-refractivity contribution in [3.8, 4) is 0 Å². The van der Waals surface area contributed by atoms with Crippen LogP contribution >= 0.6 is 0 Å². The second kappa shape index (κ2) is 8.02. The molecule has 0 bridgehead atoms. The second-order valence-corrected chi connectivity index (χ2v) is 6.14. The van der Waals surface area contributed by atoms with Gasteiger partial charge in [-0.3, -0.25) is 14.7 Å². The molecule has 0 aliphatic carbocycles. The Morgan fingerprint density at radius 3 is 2.29 bits per heavy atom. The standard InChI is InChI=1S/C19H22FN3O/c20-18-4-1-16(2-5-18)3-6-19(24)23-13-11-22(12-14-23)15-17-7-9-21-10-8-17/h1-2,4-5,7-10H,3,6,11-15H2. The first-order valence-corrected chi connectivity index (χ1v) is 8.34. The lowest BCUT2D eigenvalue weighted by Crippen LogP contribution is -2.48. The molecule has 0 unspecified atom stereocenters. The van der Waals surface area contributed by atoms with Gasteiger partial charge in [0.1, 0.15) is 5.82 Å². The van der Waals surface area contributed by atoms with Gasteiger partial charge in [0, 0.05) is 51.5 Å². The Labute approximate surface area is 141 Å². The predicted octanol–water partition coefficient (Wildman–Crippen LogP) is 2.50. The van der Waals surface area contributed by atoms with E-state index in [2.05, 4.69) is 9.88 Å². The lowest BCUT2D eigenvalue weighted by molar-refractivity contribution is -0.133. The van der Waals surface area contributed by atoms with Crippen molar-refractivity contribution in [2.75, 3.05) is 26.2 Å². The number of carbonyl (C=O) groups is 1. The zero-order valence-corrected chi connectivity index (χ0v) is 13.7. The molecule has 4 nitrogen and oxygen atoms in total. The number of rotatable bonds is 5. The van der Waals surface area contributed by atoms with Crippen LogP contribution in [0.5, 0.6) is 0 Å². The first kappa shape index (κ1) is 16.6. The van der Waals surface area contributed by atoms with E-state index in [4.69, 9.17) is 0 Å². The Bertz CT molecular complexity index is 652. The molecule has 0 atom stereocenters. The number of aryl methyl sites for hydroxylation is 1. The van der Waals surface area contributed by atoms with Gasteiger partial charge in [-0.15, -0.1) is 0 Å². The highest BCUT2D eigenvalue weighted by Gasteiger charge is 2.20. The van der Waals surface area contributed by atoms with Crippen molar-refractivity contribution in [2.24, 2.45) is 0 Å². The summed E-state index contributed by atoms with van der Waals surface area (Å²) in [6.07, 6.45) is 4.77. The van der Waals surface area contributed by atoms with Gasteiger partial charge in [-0.05, 0) is 41.8 Å². The van der Waals surface area contributed by atoms with Crippen molar-refractivity contribution in [2.45, 2.75) is 19.4 Å². The van der Waals surface area contributed by atoms with Crippen LogP contribution in [0.25, 0.3) is 0 Å². The molecule has 1 aliphatic heterocycles. The molecule has 2 heterocycles. The summed E-state index contributed by atoms with van der Waals surface area (Å²) in [6.45, 7) is 4.23. The van der Waals surface area contributed by atoms with Crippen LogP contribution in [0.4, 0.5) is 4.39 Å². The topological polar surface area (TPSA) is 36.4 Å². The molecule has 1 amide bonds. The highest BCUT2D eigenvalue weighted by Crippen LogP contribution is 2.11. The van der Waals surface area contributed by atoms with E-state index in [1.54, 1.807) is 12.1 Å². The first-order valence-electron chi connectivity index (χ1n) is 8.34. The molecule has 126 valence electrons. The molecular weight excluding hydrogens is 305 g/mol. The number of hydrogen-bond donors (Lipinski definition) is 0. The van der Waals surface area contributed by atoms with Crippen molar-refractivity contribution in [1.29, 1.82) is 0 Å². The molecule has 1 saturated heterocycles. The van der Waals surface area contributed by atoms with E-state index in [9.17, 15) is 9.18 Å². The number of piperazine rings is 1. The molecule has 1 aliphatic rings. The minimum atomic E-state index is -0.240. The molecule has 2 aromatic rings. The number of carbonyl (C=O) groups excluding carboxylic acids is 1. The fraction of sp³-hybridized carbons (Fsp3) is 0.368. The molecule has 0 radical (unpaired) electrons. The maximum Gasteiger partial charge on any atom is 0.222 e. The van der Waals surface area contributed by atoms with Gasteiger partial charge in [-0.25, -0.2) is 4.39 Å². The number of nitrogens with zero attached hydrogens (tertiary/aromatic N) is 3. The summed E-state index contributed by atoms with van der Waals surface area (Å²) in [5, 5.41) is 0. The van der Waals surface area contributed by atoms with Crippen LogP contribution in [0.3, 0.4) is 0 Å². The van der Waals surface area contributed by atoms with E-state index >= 15 is 0 Å². The van der Waals surface area contributed by atoms with Crippen molar-refractivity contribution >= 4 is 5.91 Å². The number of hydrogen-bond acceptors (Lipinski definition) is 3. The van der Waals surface area contributed by atoms with Crippen molar-refractivity contribution in [1.82, 2.24) is 14.8 Å². The molecule has 3 rings (SSSR count). The first-order chi connectivity index (χ1) is 11.7. The van der Waals surface area contributed by atoms with Crippen molar-refractivity contribution in [3.63, 3.8) is 0 Å². The van der Waals surface area contributed by atoms with Gasteiger partial charge in [0.2, 0.25) is 5.91 Å². The summed E-state index contributed by atoms with van der Waals surface area (Å²) in [5.74, 6) is -0.0571. The Morgan fingerprint density at radius 1 is 0.958 bits per heavy atom. The molecule has 0 saturated carbocycles. The fourth-order valence-corrected chi connectivity index (χ4v) is 2.96. The number of aromatic nitrogens is 1. The van der Waals surface area contributed by atoms with E-state index in [0.29, 0.717) is 12.8 Å². The van der Waals surface area contributed by atoms with Crippen LogP contribution in [-0.4, -0.2) is 46.9 Å². The zero-order valence-electron chi connectivity index (χ0n) is 13.7. The van der Waals surface area contributed by atoms with E-state index in [1.807, 2.05) is 29.4 Å². The van der Waals surface area contributed by atoms with Crippen LogP contribution < -0.4 is 0 Å². The highest BCUT2D eigenvalue weighted by atomic mass is 19.1. The van der Waals surface area contributed by atoms with Crippen LogP contribution in [0, 0.1) is 5.82 Å². The maximum absolute atomic E-state index is 12.9. The van der Waals surface area contributed by atoms with Crippen molar-refractivity contribution < 1.29 is 9.18 Å². The van der Waals surface area contributed by atoms with Gasteiger partial charge in [-0.1, -0.05) is 12.1 Å². The smallest absolute Gasteiger partial charge is 0.222 e. The predicted molar refractivity (Wildman–Crippen MR) is 90.8 cm³/mol. The third-order valence-corrected chi connectivity index (χ3v) is 4.42. The number of pyridine rings is 1. The third kappa shape index (κ3) is 4.61. The second-order valence-electron chi connectivity index (χ2n) is 6.14. The molecule has 1 aromatic heterocycles. The zero-order chi connectivity index (χ0) is 16.8. The van der Waals surface area contributed by atoms with E-state index in [-0.39, 0.29) is 11.7 Å². The Balaban J connectivity index is 1.42. The SMILES string of the molecule is O=C(CCc1ccc(F)cc1)N1CCN(Cc2ccncc2)CC1. The Kier molecular flexibility index (Phi) is 5.54. The summed E-state index contributed by atoms with van der Waals surface area (Å²) in [5.41, 5.74) is 2.25. The number of benzene rings is 1. The summed E-state index contributed by atoms with van der Waals surface area (Å²) >= 11 is 0. The minimum Gasteiger partial charge on any atom is -0.340 e. The molecule has 1 aromatic carbocycles. The Hall–Kier alpha value is -2.27. The molecule has 0 spiro atoms. The van der Waals surface area contributed by atoms with E-state index in [1.165, 1.54) is 17.7 Å². The lowest BCUT2D eigenvalue weighted by atomic mass is 10.1. The quantitative estimate of drug-likeness (QED) is 0.847. The molecule has 0 N–H and O–H groups in total. The monoisotopic (exact) mass is 327 g/mol. The summed E-state index contributed by atoms with van der Waals surface area (Å²) < 4.78 is 12.9.